The third-order valence-corrected chi connectivity index (χ3v) is 5.12. The molecule has 1 aromatic heterocycles. The standard InChI is InChI=1S/C17H27N3O/c1-12(2)20(14-6-4-3-5-7-14)17(21)13-8-9-15-16(10-13)19-11-18-15/h11-14H,3-10H2,1-2H3,(H,18,19). The second-order valence-electron chi connectivity index (χ2n) is 6.90. The first-order valence-electron chi connectivity index (χ1n) is 8.50. The van der Waals surface area contributed by atoms with Crippen LogP contribution in [-0.2, 0) is 17.6 Å². The van der Waals surface area contributed by atoms with Crippen molar-refractivity contribution in [2.75, 3.05) is 0 Å². The van der Waals surface area contributed by atoms with Crippen LogP contribution in [0.4, 0.5) is 0 Å². The number of nitrogens with zero attached hydrogens (tertiary/aromatic N) is 2. The third kappa shape index (κ3) is 2.99. The van der Waals surface area contributed by atoms with Gasteiger partial charge in [0.2, 0.25) is 5.91 Å². The van der Waals surface area contributed by atoms with Crippen LogP contribution in [0.2, 0.25) is 0 Å². The Bertz CT molecular complexity index is 488. The van der Waals surface area contributed by atoms with E-state index >= 15 is 0 Å². The van der Waals surface area contributed by atoms with Gasteiger partial charge in [0.15, 0.2) is 0 Å². The van der Waals surface area contributed by atoms with E-state index in [2.05, 4.69) is 28.7 Å². The van der Waals surface area contributed by atoms with Crippen molar-refractivity contribution in [3.8, 4) is 0 Å². The van der Waals surface area contributed by atoms with E-state index in [0.29, 0.717) is 18.0 Å². The molecule has 21 heavy (non-hydrogen) atoms. The first-order chi connectivity index (χ1) is 10.2. The molecule has 1 heterocycles. The summed E-state index contributed by atoms with van der Waals surface area (Å²) >= 11 is 0. The van der Waals surface area contributed by atoms with E-state index in [4.69, 9.17) is 0 Å². The molecular weight excluding hydrogens is 262 g/mol. The molecule has 1 atom stereocenters. The Morgan fingerprint density at radius 1 is 1.29 bits per heavy atom. The number of rotatable bonds is 3. The molecule has 1 saturated carbocycles. The lowest BCUT2D eigenvalue weighted by Gasteiger charge is -2.40. The molecule has 0 radical (unpaired) electrons. The lowest BCUT2D eigenvalue weighted by molar-refractivity contribution is -0.141. The van der Waals surface area contributed by atoms with Gasteiger partial charge in [-0.25, -0.2) is 4.98 Å². The van der Waals surface area contributed by atoms with E-state index in [1.165, 1.54) is 37.8 Å². The van der Waals surface area contributed by atoms with Crippen LogP contribution < -0.4 is 0 Å². The predicted molar refractivity (Wildman–Crippen MR) is 83.0 cm³/mol. The smallest absolute Gasteiger partial charge is 0.226 e. The number of hydrogen-bond donors (Lipinski definition) is 1. The fourth-order valence-electron chi connectivity index (χ4n) is 4.04. The zero-order valence-electron chi connectivity index (χ0n) is 13.3. The van der Waals surface area contributed by atoms with E-state index in [1.807, 2.05) is 0 Å². The molecule has 3 rings (SSSR count). The summed E-state index contributed by atoms with van der Waals surface area (Å²) in [5.74, 6) is 0.513. The minimum absolute atomic E-state index is 0.141. The normalized spacial score (nSPS) is 23.1. The maximum absolute atomic E-state index is 13.1. The minimum atomic E-state index is 0.141. The van der Waals surface area contributed by atoms with Crippen LogP contribution in [0.5, 0.6) is 0 Å². The molecule has 1 amide bonds. The molecule has 4 heteroatoms. The molecule has 1 fully saturated rings. The van der Waals surface area contributed by atoms with Crippen molar-refractivity contribution in [3.63, 3.8) is 0 Å². The molecule has 0 bridgehead atoms. The average molecular weight is 289 g/mol. The number of carbonyl (C=O) groups excluding carboxylic acids is 1. The first-order valence-corrected chi connectivity index (χ1v) is 8.50. The molecule has 0 spiro atoms. The van der Waals surface area contributed by atoms with Crippen molar-refractivity contribution in [2.45, 2.75) is 77.3 Å². The number of H-pyrrole nitrogens is 1. The maximum atomic E-state index is 13.1. The van der Waals surface area contributed by atoms with Crippen molar-refractivity contribution < 1.29 is 4.79 Å². The molecule has 4 nitrogen and oxygen atoms in total. The SMILES string of the molecule is CC(C)N(C(=O)C1CCc2nc[nH]c2C1)C1CCCCC1. The Kier molecular flexibility index (Phi) is 4.32. The van der Waals surface area contributed by atoms with Gasteiger partial charge < -0.3 is 9.88 Å². The summed E-state index contributed by atoms with van der Waals surface area (Å²) in [5, 5.41) is 0. The number of hydrogen-bond acceptors (Lipinski definition) is 2. The number of nitrogens with one attached hydrogen (secondary N) is 1. The first kappa shape index (κ1) is 14.6. The summed E-state index contributed by atoms with van der Waals surface area (Å²) in [6, 6.07) is 0.776. The number of amides is 1. The highest BCUT2D eigenvalue weighted by molar-refractivity contribution is 5.80. The molecule has 1 aromatic rings. The molecule has 1 unspecified atom stereocenters. The van der Waals surface area contributed by atoms with Gasteiger partial charge in [-0.2, -0.15) is 0 Å². The number of carbonyl (C=O) groups is 1. The Hall–Kier alpha value is -1.32. The summed E-state index contributed by atoms with van der Waals surface area (Å²) in [5.41, 5.74) is 2.33. The van der Waals surface area contributed by atoms with Crippen LogP contribution in [0.3, 0.4) is 0 Å². The molecule has 0 aromatic carbocycles. The Morgan fingerprint density at radius 3 is 2.76 bits per heavy atom. The molecule has 1 N–H and O–H groups in total. The van der Waals surface area contributed by atoms with Crippen LogP contribution in [0.1, 0.15) is 63.8 Å². The van der Waals surface area contributed by atoms with Crippen molar-refractivity contribution in [3.05, 3.63) is 17.7 Å². The van der Waals surface area contributed by atoms with E-state index in [0.717, 1.165) is 25.0 Å². The number of imidazole rings is 1. The quantitative estimate of drug-likeness (QED) is 0.929. The topological polar surface area (TPSA) is 49.0 Å². The fourth-order valence-corrected chi connectivity index (χ4v) is 4.04. The highest BCUT2D eigenvalue weighted by Crippen LogP contribution is 2.29. The van der Waals surface area contributed by atoms with Gasteiger partial charge in [-0.3, -0.25) is 4.79 Å². The fraction of sp³-hybridized carbons (Fsp3) is 0.765. The number of aryl methyl sites for hydroxylation is 1. The van der Waals surface area contributed by atoms with Crippen LogP contribution in [-0.4, -0.2) is 32.9 Å². The summed E-state index contributed by atoms with van der Waals surface area (Å²) < 4.78 is 0. The zero-order chi connectivity index (χ0) is 14.8. The van der Waals surface area contributed by atoms with Crippen molar-refractivity contribution >= 4 is 5.91 Å². The van der Waals surface area contributed by atoms with Gasteiger partial charge >= 0.3 is 0 Å². The monoisotopic (exact) mass is 289 g/mol. The molecule has 0 saturated heterocycles. The summed E-state index contributed by atoms with van der Waals surface area (Å²) in [7, 11) is 0. The zero-order valence-corrected chi connectivity index (χ0v) is 13.3. The largest absolute Gasteiger partial charge is 0.348 e. The summed E-state index contributed by atoms with van der Waals surface area (Å²) in [6.45, 7) is 4.33. The van der Waals surface area contributed by atoms with Crippen LogP contribution >= 0.6 is 0 Å². The molecule has 2 aliphatic rings. The molecular formula is C17H27N3O. The van der Waals surface area contributed by atoms with Crippen LogP contribution in [0.25, 0.3) is 0 Å². The van der Waals surface area contributed by atoms with Gasteiger partial charge in [0.05, 0.1) is 12.0 Å². The van der Waals surface area contributed by atoms with Crippen LogP contribution in [0, 0.1) is 5.92 Å². The molecule has 116 valence electrons. The molecule has 2 aliphatic carbocycles. The summed E-state index contributed by atoms with van der Waals surface area (Å²) in [6.07, 6.45) is 10.7. The van der Waals surface area contributed by atoms with E-state index < -0.39 is 0 Å². The Labute approximate surface area is 127 Å². The van der Waals surface area contributed by atoms with E-state index in [-0.39, 0.29) is 5.92 Å². The van der Waals surface area contributed by atoms with E-state index in [9.17, 15) is 4.79 Å². The molecule has 0 aliphatic heterocycles. The van der Waals surface area contributed by atoms with Gasteiger partial charge in [0.1, 0.15) is 0 Å². The highest BCUT2D eigenvalue weighted by Gasteiger charge is 2.34. The minimum Gasteiger partial charge on any atom is -0.348 e. The number of fused-ring (bicyclic) bond motifs is 1. The third-order valence-electron chi connectivity index (χ3n) is 5.12. The van der Waals surface area contributed by atoms with Gasteiger partial charge in [-0.05, 0) is 39.5 Å². The van der Waals surface area contributed by atoms with Crippen molar-refractivity contribution in [2.24, 2.45) is 5.92 Å². The van der Waals surface area contributed by atoms with Gasteiger partial charge in [-0.1, -0.05) is 19.3 Å². The number of aromatic nitrogens is 2. The highest BCUT2D eigenvalue weighted by atomic mass is 16.2. The Morgan fingerprint density at radius 2 is 2.05 bits per heavy atom. The summed E-state index contributed by atoms with van der Waals surface area (Å²) in [4.78, 5) is 22.8. The lowest BCUT2D eigenvalue weighted by atomic mass is 9.86. The van der Waals surface area contributed by atoms with Crippen LogP contribution in [0.15, 0.2) is 6.33 Å². The van der Waals surface area contributed by atoms with Crippen molar-refractivity contribution in [1.29, 1.82) is 0 Å². The van der Waals surface area contributed by atoms with Gasteiger partial charge in [-0.15, -0.1) is 0 Å². The number of aromatic amines is 1. The predicted octanol–water partition coefficient (Wildman–Crippen LogP) is 3.08. The Balaban J connectivity index is 1.72. The second kappa shape index (κ2) is 6.20. The average Bonchev–Trinajstić information content (AvgIpc) is 2.95. The van der Waals surface area contributed by atoms with Crippen molar-refractivity contribution in [1.82, 2.24) is 14.9 Å². The van der Waals surface area contributed by atoms with Gasteiger partial charge in [0.25, 0.3) is 0 Å². The lowest BCUT2D eigenvalue weighted by Crippen LogP contribution is -2.49. The second-order valence-corrected chi connectivity index (χ2v) is 6.90. The van der Waals surface area contributed by atoms with E-state index in [1.54, 1.807) is 6.33 Å². The maximum Gasteiger partial charge on any atom is 0.226 e. The van der Waals surface area contributed by atoms with Gasteiger partial charge in [0, 0.05) is 30.1 Å².